The number of amides is 2. The van der Waals surface area contributed by atoms with E-state index >= 15 is 0 Å². The van der Waals surface area contributed by atoms with Crippen molar-refractivity contribution in [1.82, 2.24) is 9.88 Å². The number of nitrogens with zero attached hydrogens (tertiary/aromatic N) is 2. The molecule has 24 heavy (non-hydrogen) atoms. The Kier molecular flexibility index (Phi) is 5.88. The van der Waals surface area contributed by atoms with Crippen LogP contribution in [0.15, 0.2) is 30.3 Å². The molecule has 0 fully saturated rings. The molecular formula is C16H21N5O2S. The molecule has 1 atom stereocenters. The summed E-state index contributed by atoms with van der Waals surface area (Å²) in [5.74, 6) is -0.884. The molecule has 4 N–H and O–H groups in total. The lowest BCUT2D eigenvalue weighted by Crippen LogP contribution is -2.41. The van der Waals surface area contributed by atoms with Crippen LogP contribution in [0.1, 0.15) is 16.1 Å². The molecule has 0 aliphatic rings. The van der Waals surface area contributed by atoms with Crippen molar-refractivity contribution >= 4 is 33.3 Å². The zero-order chi connectivity index (χ0) is 17.7. The number of hydrogen-bond donors (Lipinski definition) is 3. The van der Waals surface area contributed by atoms with Crippen LogP contribution in [0.4, 0.5) is 10.1 Å². The van der Waals surface area contributed by atoms with Crippen LogP contribution in [0.25, 0.3) is 0 Å². The Labute approximate surface area is 144 Å². The Balaban J connectivity index is 2.19. The molecule has 0 saturated heterocycles. The van der Waals surface area contributed by atoms with Crippen LogP contribution >= 0.6 is 11.3 Å². The van der Waals surface area contributed by atoms with Gasteiger partial charge in [-0.3, -0.25) is 14.5 Å². The summed E-state index contributed by atoms with van der Waals surface area (Å²) in [6.07, 6.45) is 0.559. The zero-order valence-corrected chi connectivity index (χ0v) is 14.7. The second-order valence-electron chi connectivity index (χ2n) is 5.47. The highest BCUT2D eigenvalue weighted by molar-refractivity contribution is 7.20. The maximum absolute atomic E-state index is 12.7. The number of nitrogens with one attached hydrogen (secondary N) is 2. The van der Waals surface area contributed by atoms with Crippen LogP contribution in [-0.2, 0) is 11.2 Å². The van der Waals surface area contributed by atoms with Gasteiger partial charge in [-0.15, -0.1) is 0 Å². The molecule has 0 saturated carbocycles. The van der Waals surface area contributed by atoms with E-state index in [-0.39, 0.29) is 17.6 Å². The number of primary amides is 1. The minimum Gasteiger partial charge on any atom is -0.365 e. The number of nitrogens with two attached hydrogens (primary N) is 1. The lowest BCUT2D eigenvalue weighted by molar-refractivity contribution is -0.120. The van der Waals surface area contributed by atoms with Gasteiger partial charge in [-0.25, -0.2) is 4.98 Å². The van der Waals surface area contributed by atoms with Gasteiger partial charge in [-0.1, -0.05) is 41.7 Å². The first-order valence-electron chi connectivity index (χ1n) is 7.42. The Morgan fingerprint density at radius 2 is 1.96 bits per heavy atom. The molecule has 2 amide bonds. The third kappa shape index (κ3) is 4.30. The number of carbonyl (C=O) groups excluding carboxylic acids is 2. The highest BCUT2D eigenvalue weighted by atomic mass is 32.1. The third-order valence-electron chi connectivity index (χ3n) is 3.51. The van der Waals surface area contributed by atoms with E-state index in [2.05, 4.69) is 15.6 Å². The largest absolute Gasteiger partial charge is 0.365 e. The third-order valence-corrected chi connectivity index (χ3v) is 4.50. The summed E-state index contributed by atoms with van der Waals surface area (Å²) in [5, 5.41) is 6.50. The van der Waals surface area contributed by atoms with Crippen molar-refractivity contribution in [2.24, 2.45) is 5.73 Å². The van der Waals surface area contributed by atoms with Crippen LogP contribution < -0.4 is 16.4 Å². The number of thiazole rings is 1. The standard InChI is InChI=1S/C16H21N5O2S/c1-18-16-19-12(13(17)22)15(24-16)20-14(23)11(21(2)3)9-10-7-5-4-6-8-10/h4-8,11H,9H2,1-3H3,(H2,17,22)(H,18,19)(H,20,23)/t11-/m0/s1. The first-order valence-corrected chi connectivity index (χ1v) is 8.23. The van der Waals surface area contributed by atoms with Gasteiger partial charge in [0.15, 0.2) is 10.8 Å². The minimum atomic E-state index is -0.674. The molecule has 0 unspecified atom stereocenters. The second kappa shape index (κ2) is 7.89. The lowest BCUT2D eigenvalue weighted by Gasteiger charge is -2.23. The van der Waals surface area contributed by atoms with E-state index in [4.69, 9.17) is 5.73 Å². The van der Waals surface area contributed by atoms with Crippen LogP contribution in [0.5, 0.6) is 0 Å². The average molecular weight is 347 g/mol. The molecule has 0 bridgehead atoms. The minimum absolute atomic E-state index is 0.0647. The van der Waals surface area contributed by atoms with E-state index in [1.54, 1.807) is 7.05 Å². The van der Waals surface area contributed by atoms with Crippen LogP contribution in [-0.4, -0.2) is 48.9 Å². The van der Waals surface area contributed by atoms with Gasteiger partial charge >= 0.3 is 0 Å². The Morgan fingerprint density at radius 3 is 2.50 bits per heavy atom. The molecule has 1 heterocycles. The number of carbonyl (C=O) groups is 2. The van der Waals surface area contributed by atoms with E-state index in [1.807, 2.05) is 49.3 Å². The second-order valence-corrected chi connectivity index (χ2v) is 6.47. The zero-order valence-electron chi connectivity index (χ0n) is 13.9. The Hall–Kier alpha value is -2.45. The Morgan fingerprint density at radius 1 is 1.29 bits per heavy atom. The summed E-state index contributed by atoms with van der Waals surface area (Å²) in [7, 11) is 5.37. The van der Waals surface area contributed by atoms with Gasteiger partial charge < -0.3 is 16.4 Å². The Bertz CT molecular complexity index is 715. The van der Waals surface area contributed by atoms with E-state index in [9.17, 15) is 9.59 Å². The highest BCUT2D eigenvalue weighted by Crippen LogP contribution is 2.28. The quantitative estimate of drug-likeness (QED) is 0.703. The van der Waals surface area contributed by atoms with Gasteiger partial charge in [-0.05, 0) is 26.1 Å². The molecule has 1 aromatic heterocycles. The molecule has 0 aliphatic heterocycles. The van der Waals surface area contributed by atoms with Gasteiger partial charge in [0, 0.05) is 7.05 Å². The first-order chi connectivity index (χ1) is 11.4. The predicted molar refractivity (Wildman–Crippen MR) is 96.4 cm³/mol. The average Bonchev–Trinajstić information content (AvgIpc) is 2.96. The van der Waals surface area contributed by atoms with Gasteiger partial charge in [0.1, 0.15) is 5.00 Å². The van der Waals surface area contributed by atoms with E-state index < -0.39 is 5.91 Å². The first kappa shape index (κ1) is 17.9. The van der Waals surface area contributed by atoms with E-state index in [0.717, 1.165) is 5.56 Å². The highest BCUT2D eigenvalue weighted by Gasteiger charge is 2.24. The van der Waals surface area contributed by atoms with Crippen molar-refractivity contribution in [3.63, 3.8) is 0 Å². The normalized spacial score (nSPS) is 12.0. The predicted octanol–water partition coefficient (Wildman–Crippen LogP) is 1.40. The topological polar surface area (TPSA) is 100 Å². The molecule has 1 aromatic carbocycles. The number of benzene rings is 1. The van der Waals surface area contributed by atoms with E-state index in [0.29, 0.717) is 16.6 Å². The van der Waals surface area contributed by atoms with E-state index in [1.165, 1.54) is 11.3 Å². The van der Waals surface area contributed by atoms with Crippen LogP contribution in [0, 0.1) is 0 Å². The number of rotatable bonds is 7. The summed E-state index contributed by atoms with van der Waals surface area (Å²) >= 11 is 1.18. The fourth-order valence-electron chi connectivity index (χ4n) is 2.22. The number of aromatic nitrogens is 1. The van der Waals surface area contributed by atoms with Crippen LogP contribution in [0.2, 0.25) is 0 Å². The summed E-state index contributed by atoms with van der Waals surface area (Å²) < 4.78 is 0. The van der Waals surface area contributed by atoms with Crippen molar-refractivity contribution < 1.29 is 9.59 Å². The van der Waals surface area contributed by atoms with Crippen molar-refractivity contribution in [2.45, 2.75) is 12.5 Å². The summed E-state index contributed by atoms with van der Waals surface area (Å²) in [6, 6.07) is 9.38. The van der Waals surface area contributed by atoms with Crippen molar-refractivity contribution in [1.29, 1.82) is 0 Å². The maximum atomic E-state index is 12.7. The molecular weight excluding hydrogens is 326 g/mol. The molecule has 2 rings (SSSR count). The van der Waals surface area contributed by atoms with Gasteiger partial charge in [0.05, 0.1) is 6.04 Å². The van der Waals surface area contributed by atoms with Gasteiger partial charge in [-0.2, -0.15) is 0 Å². The van der Waals surface area contributed by atoms with Crippen LogP contribution in [0.3, 0.4) is 0 Å². The fraction of sp³-hybridized carbons (Fsp3) is 0.312. The summed E-state index contributed by atoms with van der Waals surface area (Å²) in [6.45, 7) is 0. The smallest absolute Gasteiger partial charge is 0.270 e. The monoisotopic (exact) mass is 347 g/mol. The molecule has 0 aliphatic carbocycles. The molecule has 128 valence electrons. The molecule has 2 aromatic rings. The van der Waals surface area contributed by atoms with Crippen molar-refractivity contribution in [3.8, 4) is 0 Å². The number of likely N-dealkylation sites (N-methyl/N-ethyl adjacent to an activating group) is 1. The molecule has 7 nitrogen and oxygen atoms in total. The molecule has 0 radical (unpaired) electrons. The molecule has 0 spiro atoms. The number of hydrogen-bond acceptors (Lipinski definition) is 6. The van der Waals surface area contributed by atoms with Crippen molar-refractivity contribution in [2.75, 3.05) is 31.8 Å². The van der Waals surface area contributed by atoms with Gasteiger partial charge in [0.2, 0.25) is 5.91 Å². The summed E-state index contributed by atoms with van der Waals surface area (Å²) in [4.78, 5) is 30.1. The number of anilines is 2. The lowest BCUT2D eigenvalue weighted by atomic mass is 10.0. The molecule has 8 heteroatoms. The summed E-state index contributed by atoms with van der Waals surface area (Å²) in [5.41, 5.74) is 6.46. The van der Waals surface area contributed by atoms with Crippen molar-refractivity contribution in [3.05, 3.63) is 41.6 Å². The fourth-order valence-corrected chi connectivity index (χ4v) is 3.05. The maximum Gasteiger partial charge on any atom is 0.270 e. The SMILES string of the molecule is CNc1nc(C(N)=O)c(NC(=O)[C@H](Cc2ccccc2)N(C)C)s1. The van der Waals surface area contributed by atoms with Gasteiger partial charge in [0.25, 0.3) is 5.91 Å².